The van der Waals surface area contributed by atoms with E-state index in [1.807, 2.05) is 0 Å². The summed E-state index contributed by atoms with van der Waals surface area (Å²) in [4.78, 5) is 4.98. The zero-order chi connectivity index (χ0) is 14.9. The van der Waals surface area contributed by atoms with Gasteiger partial charge in [-0.1, -0.05) is 18.2 Å². The lowest BCUT2D eigenvalue weighted by molar-refractivity contribution is 0.124. The molecule has 0 saturated carbocycles. The van der Waals surface area contributed by atoms with Crippen LogP contribution in [0.2, 0.25) is 0 Å². The first-order valence-corrected chi connectivity index (χ1v) is 7.79. The highest BCUT2D eigenvalue weighted by atomic mass is 16.5. The second-order valence-electron chi connectivity index (χ2n) is 5.49. The summed E-state index contributed by atoms with van der Waals surface area (Å²) in [6.07, 6.45) is 1.55. The van der Waals surface area contributed by atoms with E-state index in [1.165, 1.54) is 11.3 Å². The van der Waals surface area contributed by atoms with Crippen molar-refractivity contribution < 1.29 is 4.74 Å². The number of para-hydroxylation sites is 1. The minimum absolute atomic E-state index is 0.495. The Morgan fingerprint density at radius 3 is 2.62 bits per heavy atom. The molecular weight excluding hydrogens is 262 g/mol. The predicted octanol–water partition coefficient (Wildman–Crippen LogP) is 2.44. The van der Waals surface area contributed by atoms with Crippen molar-refractivity contribution in [1.29, 1.82) is 5.26 Å². The maximum absolute atomic E-state index is 8.42. The SMILES string of the molecule is Cc1ccccc1N1CCN(CCCOCCC#N)CC1. The number of hydrogen-bond acceptors (Lipinski definition) is 4. The maximum atomic E-state index is 8.42. The van der Waals surface area contributed by atoms with Crippen molar-refractivity contribution in [2.45, 2.75) is 19.8 Å². The van der Waals surface area contributed by atoms with Gasteiger partial charge in [0.25, 0.3) is 0 Å². The van der Waals surface area contributed by atoms with Gasteiger partial charge < -0.3 is 9.64 Å². The smallest absolute Gasteiger partial charge is 0.0645 e. The number of nitriles is 1. The molecule has 1 aliphatic heterocycles. The summed E-state index contributed by atoms with van der Waals surface area (Å²) in [5.41, 5.74) is 2.73. The van der Waals surface area contributed by atoms with Crippen LogP contribution in [0.15, 0.2) is 24.3 Å². The van der Waals surface area contributed by atoms with Crippen molar-refractivity contribution >= 4 is 5.69 Å². The molecule has 1 heterocycles. The molecule has 0 unspecified atom stereocenters. The Hall–Kier alpha value is -1.57. The first-order valence-electron chi connectivity index (χ1n) is 7.79. The molecule has 1 saturated heterocycles. The van der Waals surface area contributed by atoms with Crippen molar-refractivity contribution in [3.8, 4) is 6.07 Å². The molecule has 21 heavy (non-hydrogen) atoms. The van der Waals surface area contributed by atoms with Crippen LogP contribution < -0.4 is 4.90 Å². The predicted molar refractivity (Wildman–Crippen MR) is 85.5 cm³/mol. The van der Waals surface area contributed by atoms with Crippen LogP contribution >= 0.6 is 0 Å². The van der Waals surface area contributed by atoms with E-state index < -0.39 is 0 Å². The van der Waals surface area contributed by atoms with Gasteiger partial charge in [-0.15, -0.1) is 0 Å². The topological polar surface area (TPSA) is 39.5 Å². The summed E-state index contributed by atoms with van der Waals surface area (Å²) in [5.74, 6) is 0. The molecule has 1 aliphatic rings. The Morgan fingerprint density at radius 2 is 1.90 bits per heavy atom. The van der Waals surface area contributed by atoms with Crippen molar-refractivity contribution in [2.24, 2.45) is 0 Å². The number of hydrogen-bond donors (Lipinski definition) is 0. The molecule has 0 amide bonds. The quantitative estimate of drug-likeness (QED) is 0.722. The second-order valence-corrected chi connectivity index (χ2v) is 5.49. The summed E-state index contributed by atoms with van der Waals surface area (Å²) < 4.78 is 5.41. The fraction of sp³-hybridized carbons (Fsp3) is 0.588. The van der Waals surface area contributed by atoms with E-state index in [9.17, 15) is 0 Å². The van der Waals surface area contributed by atoms with Crippen LogP contribution in [-0.2, 0) is 4.74 Å². The third-order valence-electron chi connectivity index (χ3n) is 3.95. The van der Waals surface area contributed by atoms with Crippen LogP contribution in [-0.4, -0.2) is 50.8 Å². The van der Waals surface area contributed by atoms with E-state index in [-0.39, 0.29) is 0 Å². The molecular formula is C17H25N3O. The van der Waals surface area contributed by atoms with Gasteiger partial charge in [-0.25, -0.2) is 0 Å². The molecule has 4 heteroatoms. The first kappa shape index (κ1) is 15.8. The van der Waals surface area contributed by atoms with Crippen molar-refractivity contribution in [3.05, 3.63) is 29.8 Å². The van der Waals surface area contributed by atoms with Crippen LogP contribution in [0.25, 0.3) is 0 Å². The number of nitrogens with zero attached hydrogens (tertiary/aromatic N) is 3. The van der Waals surface area contributed by atoms with Crippen molar-refractivity contribution in [2.75, 3.05) is 50.8 Å². The average Bonchev–Trinajstić information content (AvgIpc) is 2.52. The Morgan fingerprint density at radius 1 is 1.14 bits per heavy atom. The summed E-state index contributed by atoms with van der Waals surface area (Å²) >= 11 is 0. The van der Waals surface area contributed by atoms with Crippen LogP contribution in [0.4, 0.5) is 5.69 Å². The van der Waals surface area contributed by atoms with Gasteiger partial charge in [0.2, 0.25) is 0 Å². The lowest BCUT2D eigenvalue weighted by atomic mass is 10.1. The summed E-state index contributed by atoms with van der Waals surface area (Å²) in [7, 11) is 0. The third kappa shape index (κ3) is 5.04. The van der Waals surface area contributed by atoms with Gasteiger partial charge in [0.1, 0.15) is 0 Å². The monoisotopic (exact) mass is 287 g/mol. The number of rotatable bonds is 7. The highest BCUT2D eigenvalue weighted by molar-refractivity contribution is 5.53. The third-order valence-corrected chi connectivity index (χ3v) is 3.95. The highest BCUT2D eigenvalue weighted by Gasteiger charge is 2.17. The average molecular weight is 287 g/mol. The molecule has 0 bridgehead atoms. The van der Waals surface area contributed by atoms with Gasteiger partial charge in [-0.3, -0.25) is 4.90 Å². The maximum Gasteiger partial charge on any atom is 0.0645 e. The molecule has 0 aliphatic carbocycles. The molecule has 1 fully saturated rings. The first-order chi connectivity index (χ1) is 10.3. The molecule has 0 spiro atoms. The number of ether oxygens (including phenoxy) is 1. The molecule has 0 radical (unpaired) electrons. The lowest BCUT2D eigenvalue weighted by Crippen LogP contribution is -2.47. The van der Waals surface area contributed by atoms with Gasteiger partial charge in [-0.2, -0.15) is 5.26 Å². The number of benzene rings is 1. The largest absolute Gasteiger partial charge is 0.380 e. The zero-order valence-electron chi connectivity index (χ0n) is 12.9. The minimum atomic E-state index is 0.495. The Labute approximate surface area is 127 Å². The Bertz CT molecular complexity index is 461. The Balaban J connectivity index is 1.65. The standard InChI is InChI=1S/C17H25N3O/c1-16-6-2-3-7-17(16)20-12-10-19(11-13-20)9-5-15-21-14-4-8-18/h2-3,6-7H,4-5,9-15H2,1H3. The van der Waals surface area contributed by atoms with Gasteiger partial charge in [0.15, 0.2) is 0 Å². The molecule has 4 nitrogen and oxygen atoms in total. The molecule has 2 rings (SSSR count). The van der Waals surface area contributed by atoms with Crippen molar-refractivity contribution in [3.63, 3.8) is 0 Å². The van der Waals surface area contributed by atoms with Crippen LogP contribution in [0.5, 0.6) is 0 Å². The van der Waals surface area contributed by atoms with Gasteiger partial charge in [0.05, 0.1) is 19.1 Å². The Kier molecular flexibility index (Phi) is 6.52. The van der Waals surface area contributed by atoms with Gasteiger partial charge in [-0.05, 0) is 25.0 Å². The molecule has 1 aromatic carbocycles. The normalized spacial score (nSPS) is 15.9. The van der Waals surface area contributed by atoms with Gasteiger partial charge >= 0.3 is 0 Å². The number of piperazine rings is 1. The summed E-state index contributed by atoms with van der Waals surface area (Å²) in [5, 5.41) is 8.42. The van der Waals surface area contributed by atoms with Crippen molar-refractivity contribution in [1.82, 2.24) is 4.90 Å². The van der Waals surface area contributed by atoms with Crippen LogP contribution in [0.3, 0.4) is 0 Å². The molecule has 1 aromatic rings. The van der Waals surface area contributed by atoms with E-state index >= 15 is 0 Å². The molecule has 0 N–H and O–H groups in total. The number of aryl methyl sites for hydroxylation is 1. The second kappa shape index (κ2) is 8.66. The van der Waals surface area contributed by atoms with Gasteiger partial charge in [0, 0.05) is 45.0 Å². The molecule has 114 valence electrons. The number of anilines is 1. The van der Waals surface area contributed by atoms with Crippen LogP contribution in [0, 0.1) is 18.3 Å². The molecule has 0 atom stereocenters. The fourth-order valence-corrected chi connectivity index (χ4v) is 2.74. The van der Waals surface area contributed by atoms with E-state index in [2.05, 4.69) is 47.1 Å². The summed E-state index contributed by atoms with van der Waals surface area (Å²) in [6.45, 7) is 9.03. The minimum Gasteiger partial charge on any atom is -0.380 e. The lowest BCUT2D eigenvalue weighted by Gasteiger charge is -2.36. The van der Waals surface area contributed by atoms with E-state index in [4.69, 9.17) is 10.00 Å². The van der Waals surface area contributed by atoms with E-state index in [1.54, 1.807) is 0 Å². The van der Waals surface area contributed by atoms with Crippen LogP contribution in [0.1, 0.15) is 18.4 Å². The fourth-order valence-electron chi connectivity index (χ4n) is 2.74. The highest BCUT2D eigenvalue weighted by Crippen LogP contribution is 2.20. The summed E-state index contributed by atoms with van der Waals surface area (Å²) in [6, 6.07) is 10.7. The molecule has 0 aromatic heterocycles. The van der Waals surface area contributed by atoms with E-state index in [0.29, 0.717) is 13.0 Å². The zero-order valence-corrected chi connectivity index (χ0v) is 12.9. The van der Waals surface area contributed by atoms with E-state index in [0.717, 1.165) is 45.8 Å².